The quantitative estimate of drug-likeness (QED) is 0.365. The Morgan fingerprint density at radius 3 is 1.87 bits per heavy atom. The number of hydrogen-bond acceptors (Lipinski definition) is 2. The second-order valence-corrected chi connectivity index (χ2v) is 9.36. The van der Waals surface area contributed by atoms with Crippen LogP contribution in [-0.2, 0) is 4.79 Å². The van der Waals surface area contributed by atoms with Gasteiger partial charge in [0.25, 0.3) is 0 Å². The van der Waals surface area contributed by atoms with Gasteiger partial charge in [-0.2, -0.15) is 0 Å². The van der Waals surface area contributed by atoms with Crippen molar-refractivity contribution < 1.29 is 4.79 Å². The van der Waals surface area contributed by atoms with Crippen LogP contribution >= 0.6 is 15.9 Å². The average Bonchev–Trinajstić information content (AvgIpc) is 2.75. The van der Waals surface area contributed by atoms with Gasteiger partial charge in [-0.15, -0.1) is 0 Å². The van der Waals surface area contributed by atoms with Gasteiger partial charge in [0.05, 0.1) is 12.6 Å². The number of benzene rings is 3. The molecule has 1 amide bonds. The molecule has 4 heteroatoms. The van der Waals surface area contributed by atoms with Crippen LogP contribution in [0.3, 0.4) is 0 Å². The number of rotatable bonds is 8. The van der Waals surface area contributed by atoms with Crippen molar-refractivity contribution in [3.05, 3.63) is 99.5 Å². The van der Waals surface area contributed by atoms with Crippen molar-refractivity contribution in [1.29, 1.82) is 0 Å². The van der Waals surface area contributed by atoms with Gasteiger partial charge in [-0.3, -0.25) is 10.1 Å². The van der Waals surface area contributed by atoms with E-state index in [1.165, 1.54) is 11.1 Å². The molecule has 3 aromatic rings. The summed E-state index contributed by atoms with van der Waals surface area (Å²) < 4.78 is 1.03. The highest BCUT2D eigenvalue weighted by Gasteiger charge is 2.18. The van der Waals surface area contributed by atoms with Crippen LogP contribution in [0, 0.1) is 0 Å². The van der Waals surface area contributed by atoms with Crippen LogP contribution in [0.15, 0.2) is 77.3 Å². The molecule has 0 saturated carbocycles. The predicted molar refractivity (Wildman–Crippen MR) is 134 cm³/mol. The lowest BCUT2D eigenvalue weighted by Crippen LogP contribution is -2.32. The van der Waals surface area contributed by atoms with Crippen LogP contribution < -0.4 is 10.6 Å². The zero-order valence-electron chi connectivity index (χ0n) is 18.7. The summed E-state index contributed by atoms with van der Waals surface area (Å²) in [6.07, 6.45) is 0. The fraction of sp³-hybridized carbons (Fsp3) is 0.296. The fourth-order valence-corrected chi connectivity index (χ4v) is 4.07. The standard InChI is InChI=1S/C27H31BrN2O/c1-18(2)23-11-8-12-24(19(3)4)27(23)30-25(31)17-29-26(20-9-6-5-7-10-20)21-13-15-22(28)16-14-21/h5-16,18-19,26,29H,17H2,1-4H3,(H,30,31). The Hall–Kier alpha value is -2.43. The van der Waals surface area contributed by atoms with Crippen molar-refractivity contribution in [1.82, 2.24) is 5.32 Å². The van der Waals surface area contributed by atoms with Crippen LogP contribution in [0.4, 0.5) is 5.69 Å². The van der Waals surface area contributed by atoms with Gasteiger partial charge in [0.15, 0.2) is 0 Å². The molecular formula is C27H31BrN2O. The summed E-state index contributed by atoms with van der Waals surface area (Å²) in [5, 5.41) is 6.66. The summed E-state index contributed by atoms with van der Waals surface area (Å²) in [5.41, 5.74) is 5.55. The van der Waals surface area contributed by atoms with Crippen LogP contribution in [0.2, 0.25) is 0 Å². The third kappa shape index (κ3) is 6.05. The highest BCUT2D eigenvalue weighted by Crippen LogP contribution is 2.32. The molecule has 0 aromatic heterocycles. The van der Waals surface area contributed by atoms with Gasteiger partial charge in [0, 0.05) is 10.2 Å². The normalized spacial score (nSPS) is 12.2. The molecule has 0 heterocycles. The first kappa shape index (κ1) is 23.2. The topological polar surface area (TPSA) is 41.1 Å². The molecule has 0 saturated heterocycles. The molecule has 0 aliphatic heterocycles. The first-order valence-electron chi connectivity index (χ1n) is 10.8. The SMILES string of the molecule is CC(C)c1cccc(C(C)C)c1NC(=O)CNC(c1ccccc1)c1ccc(Br)cc1. The zero-order valence-corrected chi connectivity index (χ0v) is 20.2. The molecule has 3 aromatic carbocycles. The summed E-state index contributed by atoms with van der Waals surface area (Å²) in [7, 11) is 0. The molecule has 0 bridgehead atoms. The third-order valence-corrected chi connectivity index (χ3v) is 5.97. The van der Waals surface area contributed by atoms with E-state index >= 15 is 0 Å². The lowest BCUT2D eigenvalue weighted by Gasteiger charge is -2.22. The van der Waals surface area contributed by atoms with E-state index in [1.807, 2.05) is 30.3 Å². The summed E-state index contributed by atoms with van der Waals surface area (Å²) >= 11 is 3.50. The van der Waals surface area contributed by atoms with Crippen LogP contribution in [-0.4, -0.2) is 12.5 Å². The van der Waals surface area contributed by atoms with Gasteiger partial charge in [-0.25, -0.2) is 0 Å². The predicted octanol–water partition coefficient (Wildman–Crippen LogP) is 7.01. The highest BCUT2D eigenvalue weighted by molar-refractivity contribution is 9.10. The molecule has 1 atom stereocenters. The second kappa shape index (κ2) is 10.7. The van der Waals surface area contributed by atoms with Crippen molar-refractivity contribution in [3.8, 4) is 0 Å². The minimum absolute atomic E-state index is 0.0342. The van der Waals surface area contributed by atoms with Gasteiger partial charge in [0.2, 0.25) is 5.91 Å². The lowest BCUT2D eigenvalue weighted by molar-refractivity contribution is -0.115. The molecule has 0 fully saturated rings. The molecule has 0 aliphatic rings. The third-order valence-electron chi connectivity index (χ3n) is 5.44. The molecule has 0 spiro atoms. The molecule has 2 N–H and O–H groups in total. The molecule has 3 rings (SSSR count). The maximum atomic E-state index is 13.0. The average molecular weight is 479 g/mol. The smallest absolute Gasteiger partial charge is 0.238 e. The Bertz CT molecular complexity index is 971. The number of amides is 1. The van der Waals surface area contributed by atoms with Gasteiger partial charge >= 0.3 is 0 Å². The van der Waals surface area contributed by atoms with Crippen LogP contribution in [0.25, 0.3) is 0 Å². The highest BCUT2D eigenvalue weighted by atomic mass is 79.9. The van der Waals surface area contributed by atoms with E-state index in [2.05, 4.69) is 96.7 Å². The number of nitrogens with one attached hydrogen (secondary N) is 2. The van der Waals surface area contributed by atoms with Crippen molar-refractivity contribution in [2.45, 2.75) is 45.6 Å². The van der Waals surface area contributed by atoms with Crippen molar-refractivity contribution >= 4 is 27.5 Å². The van der Waals surface area contributed by atoms with E-state index < -0.39 is 0 Å². The Balaban J connectivity index is 1.80. The van der Waals surface area contributed by atoms with E-state index in [-0.39, 0.29) is 18.5 Å². The van der Waals surface area contributed by atoms with E-state index in [1.54, 1.807) is 0 Å². The maximum absolute atomic E-state index is 13.0. The molecule has 3 nitrogen and oxygen atoms in total. The molecule has 0 aliphatic carbocycles. The van der Waals surface area contributed by atoms with E-state index in [4.69, 9.17) is 0 Å². The first-order chi connectivity index (χ1) is 14.9. The molecule has 162 valence electrons. The number of carbonyl (C=O) groups is 1. The van der Waals surface area contributed by atoms with Crippen LogP contribution in [0.5, 0.6) is 0 Å². The van der Waals surface area contributed by atoms with Gasteiger partial charge in [0.1, 0.15) is 0 Å². The minimum Gasteiger partial charge on any atom is -0.324 e. The summed E-state index contributed by atoms with van der Waals surface area (Å²) in [4.78, 5) is 13.0. The van der Waals surface area contributed by atoms with E-state index in [9.17, 15) is 4.79 Å². The molecule has 1 unspecified atom stereocenters. The Kier molecular flexibility index (Phi) is 8.05. The Morgan fingerprint density at radius 1 is 0.774 bits per heavy atom. The van der Waals surface area contributed by atoms with Gasteiger partial charge in [-0.1, -0.05) is 104 Å². The van der Waals surface area contributed by atoms with Gasteiger partial charge < -0.3 is 5.32 Å². The monoisotopic (exact) mass is 478 g/mol. The number of halogens is 1. The first-order valence-corrected chi connectivity index (χ1v) is 11.6. The van der Waals surface area contributed by atoms with Crippen LogP contribution in [0.1, 0.15) is 67.8 Å². The summed E-state index contributed by atoms with van der Waals surface area (Å²) in [6.45, 7) is 8.86. The Morgan fingerprint density at radius 2 is 1.32 bits per heavy atom. The second-order valence-electron chi connectivity index (χ2n) is 8.45. The van der Waals surface area contributed by atoms with Crippen molar-refractivity contribution in [2.24, 2.45) is 0 Å². The summed E-state index contributed by atoms with van der Waals surface area (Å²) in [6, 6.07) is 24.7. The number of carbonyl (C=O) groups excluding carboxylic acids is 1. The van der Waals surface area contributed by atoms with E-state index in [0.717, 1.165) is 21.3 Å². The molecule has 31 heavy (non-hydrogen) atoms. The number of anilines is 1. The summed E-state index contributed by atoms with van der Waals surface area (Å²) in [5.74, 6) is 0.636. The van der Waals surface area contributed by atoms with E-state index in [0.29, 0.717) is 11.8 Å². The number of para-hydroxylation sites is 1. The fourth-order valence-electron chi connectivity index (χ4n) is 3.80. The van der Waals surface area contributed by atoms with Gasteiger partial charge in [-0.05, 0) is 46.2 Å². The maximum Gasteiger partial charge on any atom is 0.238 e. The largest absolute Gasteiger partial charge is 0.324 e. The molecule has 0 radical (unpaired) electrons. The minimum atomic E-state index is -0.0649. The zero-order chi connectivity index (χ0) is 22.4. The molecular weight excluding hydrogens is 448 g/mol. The Labute approximate surface area is 194 Å². The van der Waals surface area contributed by atoms with Crippen molar-refractivity contribution in [2.75, 3.05) is 11.9 Å². The van der Waals surface area contributed by atoms with Crippen molar-refractivity contribution in [3.63, 3.8) is 0 Å². The lowest BCUT2D eigenvalue weighted by atomic mass is 9.92. The number of hydrogen-bond donors (Lipinski definition) is 2.